The Morgan fingerprint density at radius 3 is 1.79 bits per heavy atom. The number of halogens is 3. The summed E-state index contributed by atoms with van der Waals surface area (Å²) in [4.78, 5) is 0.801. The number of hydrogen-bond donors (Lipinski definition) is 3. The normalized spacial score (nSPS) is 15.6. The highest BCUT2D eigenvalue weighted by Gasteiger charge is 2.39. The Bertz CT molecular complexity index is 138. The van der Waals surface area contributed by atoms with Crippen LogP contribution in [0.1, 0.15) is 0 Å². The van der Waals surface area contributed by atoms with Crippen LogP contribution in [0.15, 0.2) is 0 Å². The first-order chi connectivity index (χ1) is 6.54. The zero-order valence-electron chi connectivity index (χ0n) is 7.48. The van der Waals surface area contributed by atoms with Gasteiger partial charge < -0.3 is 15.3 Å². The number of alkyl halides is 1. The van der Waals surface area contributed by atoms with Gasteiger partial charge in [0.1, 0.15) is 5.94 Å². The van der Waals surface area contributed by atoms with Gasteiger partial charge in [-0.2, -0.15) is 0 Å². The molecule has 2 unspecified atom stereocenters. The molecule has 0 amide bonds. The Morgan fingerprint density at radius 1 is 1.14 bits per heavy atom. The quantitative estimate of drug-likeness (QED) is 0.471. The third-order valence-corrected chi connectivity index (χ3v) is 1.74. The van der Waals surface area contributed by atoms with Crippen LogP contribution in [0.3, 0.4) is 0 Å². The maximum absolute atomic E-state index is 12.4. The number of aliphatic hydroxyl groups excluding tert-OH is 3. The predicted octanol–water partition coefficient (Wildman–Crippen LogP) is -1.10. The van der Waals surface area contributed by atoms with Crippen LogP contribution in [0.2, 0.25) is 0 Å². The van der Waals surface area contributed by atoms with Crippen molar-refractivity contribution >= 4 is 7.27 Å². The van der Waals surface area contributed by atoms with Crippen molar-refractivity contribution in [2.75, 3.05) is 26.3 Å². The van der Waals surface area contributed by atoms with Crippen LogP contribution >= 0.6 is 0 Å². The van der Waals surface area contributed by atoms with Crippen molar-refractivity contribution < 1.29 is 28.3 Å². The van der Waals surface area contributed by atoms with E-state index in [0.717, 1.165) is 4.90 Å². The largest absolute Gasteiger partial charge is 0.560 e. The minimum Gasteiger partial charge on any atom is -0.395 e. The Kier molecular flexibility index (Phi) is 6.90. The van der Waals surface area contributed by atoms with Crippen LogP contribution in [0.25, 0.3) is 0 Å². The molecule has 0 spiro atoms. The van der Waals surface area contributed by atoms with Gasteiger partial charge in [-0.25, -0.2) is 4.39 Å². The average molecular weight is 215 g/mol. The molecule has 0 saturated heterocycles. The maximum Gasteiger partial charge on any atom is 0.560 e. The minimum absolute atomic E-state index is 0.226. The van der Waals surface area contributed by atoms with Crippen molar-refractivity contribution in [3.63, 3.8) is 0 Å². The molecule has 0 heterocycles. The van der Waals surface area contributed by atoms with Gasteiger partial charge in [0.05, 0.1) is 13.2 Å². The molecule has 0 saturated carbocycles. The molecule has 0 radical (unpaired) electrons. The van der Waals surface area contributed by atoms with Crippen LogP contribution in [-0.4, -0.2) is 66.1 Å². The summed E-state index contributed by atoms with van der Waals surface area (Å²) in [6.07, 6.45) is -2.70. The molecule has 0 bridgehead atoms. The second-order valence-corrected chi connectivity index (χ2v) is 2.68. The molecule has 4 nitrogen and oxygen atoms in total. The summed E-state index contributed by atoms with van der Waals surface area (Å²) in [5.41, 5.74) is 0. The minimum atomic E-state index is -3.08. The Morgan fingerprint density at radius 2 is 1.57 bits per heavy atom. The van der Waals surface area contributed by atoms with E-state index in [4.69, 9.17) is 15.3 Å². The molecule has 0 aliphatic rings. The second kappa shape index (κ2) is 7.05. The van der Waals surface area contributed by atoms with Gasteiger partial charge in [-0.1, -0.05) is 0 Å². The number of rotatable bonds is 7. The lowest BCUT2D eigenvalue weighted by Crippen LogP contribution is -2.51. The lowest BCUT2D eigenvalue weighted by atomic mass is 9.84. The Hall–Kier alpha value is -0.305. The predicted molar refractivity (Wildman–Crippen MR) is 44.6 cm³/mol. The van der Waals surface area contributed by atoms with Crippen molar-refractivity contribution in [3.8, 4) is 0 Å². The Labute approximate surface area is 80.1 Å². The van der Waals surface area contributed by atoms with Crippen LogP contribution in [0.4, 0.5) is 13.0 Å². The summed E-state index contributed by atoms with van der Waals surface area (Å²) in [5, 5.41) is 25.5. The number of nitrogens with zero attached hydrogens (tertiary/aromatic N) is 1. The molecular weight excluding hydrogens is 202 g/mol. The van der Waals surface area contributed by atoms with Crippen LogP contribution in [0.5, 0.6) is 0 Å². The van der Waals surface area contributed by atoms with E-state index in [1.165, 1.54) is 0 Å². The van der Waals surface area contributed by atoms with Gasteiger partial charge in [-0.3, -0.25) is 13.5 Å². The summed E-state index contributed by atoms with van der Waals surface area (Å²) >= 11 is 0. The summed E-state index contributed by atoms with van der Waals surface area (Å²) < 4.78 is 36.9. The monoisotopic (exact) mass is 215 g/mol. The standard InChI is InChI=1S/C6H13BF3NO3/c8-6(14)5(7(9)10)11(1-3-12)2-4-13/h5-6,12-14H,1-4H2. The van der Waals surface area contributed by atoms with E-state index in [1.807, 2.05) is 0 Å². The first kappa shape index (κ1) is 13.7. The number of aliphatic hydroxyl groups is 3. The molecule has 84 valence electrons. The zero-order chi connectivity index (χ0) is 11.1. The molecule has 0 aliphatic heterocycles. The van der Waals surface area contributed by atoms with Gasteiger partial charge in [0.2, 0.25) is 6.36 Å². The molecule has 0 aliphatic carbocycles. The molecule has 0 aromatic carbocycles. The van der Waals surface area contributed by atoms with E-state index in [2.05, 4.69) is 0 Å². The van der Waals surface area contributed by atoms with Crippen LogP contribution in [-0.2, 0) is 0 Å². The maximum atomic E-state index is 12.4. The fraction of sp³-hybridized carbons (Fsp3) is 1.00. The van der Waals surface area contributed by atoms with Crippen molar-refractivity contribution in [1.82, 2.24) is 4.90 Å². The summed E-state index contributed by atoms with van der Waals surface area (Å²) in [7, 11) is -3.08. The van der Waals surface area contributed by atoms with E-state index in [1.54, 1.807) is 0 Å². The molecule has 0 aromatic rings. The molecule has 0 fully saturated rings. The first-order valence-corrected chi connectivity index (χ1v) is 4.10. The molecule has 0 aromatic heterocycles. The fourth-order valence-electron chi connectivity index (χ4n) is 1.12. The lowest BCUT2D eigenvalue weighted by Gasteiger charge is -2.28. The molecule has 3 N–H and O–H groups in total. The van der Waals surface area contributed by atoms with Crippen molar-refractivity contribution in [2.45, 2.75) is 12.3 Å². The average Bonchev–Trinajstić information content (AvgIpc) is 2.03. The van der Waals surface area contributed by atoms with Crippen LogP contribution < -0.4 is 0 Å². The molecule has 14 heavy (non-hydrogen) atoms. The molecular formula is C6H13BF3NO3. The van der Waals surface area contributed by atoms with Crippen molar-refractivity contribution in [1.29, 1.82) is 0 Å². The molecule has 0 rings (SSSR count). The van der Waals surface area contributed by atoms with E-state index >= 15 is 0 Å². The lowest BCUT2D eigenvalue weighted by molar-refractivity contribution is -0.0235. The molecule has 8 heteroatoms. The molecule has 2 atom stereocenters. The third-order valence-electron chi connectivity index (χ3n) is 1.74. The van der Waals surface area contributed by atoms with Gasteiger partial charge in [0, 0.05) is 13.1 Å². The topological polar surface area (TPSA) is 63.9 Å². The first-order valence-electron chi connectivity index (χ1n) is 4.10. The summed E-state index contributed by atoms with van der Waals surface area (Å²) in [6.45, 7) is -1.35. The smallest absolute Gasteiger partial charge is 0.395 e. The van der Waals surface area contributed by atoms with E-state index in [9.17, 15) is 13.0 Å². The highest BCUT2D eigenvalue weighted by Crippen LogP contribution is 2.11. The fourth-order valence-corrected chi connectivity index (χ4v) is 1.12. The van der Waals surface area contributed by atoms with Gasteiger partial charge in [-0.15, -0.1) is 0 Å². The summed E-state index contributed by atoms with van der Waals surface area (Å²) in [5.74, 6) is -2.01. The third kappa shape index (κ3) is 4.27. The van der Waals surface area contributed by atoms with E-state index in [-0.39, 0.29) is 13.1 Å². The second-order valence-electron chi connectivity index (χ2n) is 2.68. The highest BCUT2D eigenvalue weighted by molar-refractivity contribution is 6.45. The van der Waals surface area contributed by atoms with Crippen LogP contribution in [0, 0.1) is 0 Å². The van der Waals surface area contributed by atoms with Gasteiger partial charge in [0.15, 0.2) is 0 Å². The van der Waals surface area contributed by atoms with E-state index < -0.39 is 32.8 Å². The van der Waals surface area contributed by atoms with Crippen molar-refractivity contribution in [2.24, 2.45) is 0 Å². The SMILES string of the molecule is OCCN(CCO)C(B(F)F)C(O)F. The Balaban J connectivity index is 4.37. The zero-order valence-corrected chi connectivity index (χ0v) is 7.48. The van der Waals surface area contributed by atoms with Gasteiger partial charge >= 0.3 is 7.27 Å². The summed E-state index contributed by atoms with van der Waals surface area (Å²) in [6, 6.07) is 0. The highest BCUT2D eigenvalue weighted by atomic mass is 19.2. The number of hydrogen-bond acceptors (Lipinski definition) is 4. The van der Waals surface area contributed by atoms with Gasteiger partial charge in [-0.05, 0) is 0 Å². The van der Waals surface area contributed by atoms with E-state index in [0.29, 0.717) is 0 Å². The van der Waals surface area contributed by atoms with Crippen molar-refractivity contribution in [3.05, 3.63) is 0 Å². The van der Waals surface area contributed by atoms with Gasteiger partial charge in [0.25, 0.3) is 0 Å².